The van der Waals surface area contributed by atoms with Crippen molar-refractivity contribution in [3.63, 3.8) is 0 Å². The molecule has 0 aliphatic rings. The van der Waals surface area contributed by atoms with Gasteiger partial charge in [0.1, 0.15) is 0 Å². The molecule has 0 aromatic heterocycles. The molecule has 0 fully saturated rings. The Morgan fingerprint density at radius 1 is 1.78 bits per heavy atom. The van der Waals surface area contributed by atoms with E-state index in [4.69, 9.17) is 0 Å². The second-order valence-corrected chi connectivity index (χ2v) is 1.96. The summed E-state index contributed by atoms with van der Waals surface area (Å²) in [5.41, 5.74) is 0. The van der Waals surface area contributed by atoms with Gasteiger partial charge in [-0.1, -0.05) is 20.3 Å². The molecule has 0 heterocycles. The van der Waals surface area contributed by atoms with Crippen molar-refractivity contribution in [2.24, 2.45) is 5.92 Å². The van der Waals surface area contributed by atoms with Gasteiger partial charge in [0.25, 0.3) is 0 Å². The summed E-state index contributed by atoms with van der Waals surface area (Å²) in [6.45, 7) is 3.83. The minimum absolute atomic E-state index is 0.0556. The molecule has 0 aliphatic heterocycles. The first kappa shape index (κ1) is 8.47. The van der Waals surface area contributed by atoms with Crippen molar-refractivity contribution in [2.45, 2.75) is 20.3 Å². The molecule has 0 saturated heterocycles. The summed E-state index contributed by atoms with van der Waals surface area (Å²) < 4.78 is 4.49. The zero-order chi connectivity index (χ0) is 7.28. The number of methoxy groups -OCH3 is 1. The van der Waals surface area contributed by atoms with Crippen LogP contribution in [0.3, 0.4) is 0 Å². The maximum absolute atomic E-state index is 10.6. The van der Waals surface area contributed by atoms with Crippen LogP contribution in [0.25, 0.3) is 0 Å². The molecule has 0 amide bonds. The highest BCUT2D eigenvalue weighted by Gasteiger charge is 2.10. The predicted molar refractivity (Wildman–Crippen MR) is 35.8 cm³/mol. The van der Waals surface area contributed by atoms with Gasteiger partial charge in [-0.2, -0.15) is 0 Å². The van der Waals surface area contributed by atoms with E-state index in [2.05, 4.69) is 4.74 Å². The summed E-state index contributed by atoms with van der Waals surface area (Å²) in [7, 11) is 1.41. The van der Waals surface area contributed by atoms with Gasteiger partial charge in [-0.15, -0.1) is 0 Å². The van der Waals surface area contributed by atoms with Crippen molar-refractivity contribution < 1.29 is 9.53 Å². The van der Waals surface area contributed by atoms with E-state index in [0.29, 0.717) is 0 Å². The summed E-state index contributed by atoms with van der Waals surface area (Å²) in [5.74, 6) is -0.211. The van der Waals surface area contributed by atoms with Crippen LogP contribution in [0.4, 0.5) is 0 Å². The fourth-order valence-corrected chi connectivity index (χ4v) is 0.636. The SMILES string of the molecule is CC[CH]C(C)C(=O)OC. The van der Waals surface area contributed by atoms with Crippen molar-refractivity contribution in [3.05, 3.63) is 6.42 Å². The van der Waals surface area contributed by atoms with E-state index in [1.165, 1.54) is 7.11 Å². The van der Waals surface area contributed by atoms with Crippen molar-refractivity contribution in [3.8, 4) is 0 Å². The molecule has 1 atom stereocenters. The van der Waals surface area contributed by atoms with Crippen LogP contribution in [0.5, 0.6) is 0 Å². The minimum Gasteiger partial charge on any atom is -0.469 e. The lowest BCUT2D eigenvalue weighted by atomic mass is 10.1. The number of hydrogen-bond acceptors (Lipinski definition) is 2. The van der Waals surface area contributed by atoms with Gasteiger partial charge in [0.2, 0.25) is 0 Å². The van der Waals surface area contributed by atoms with Gasteiger partial charge in [0.05, 0.1) is 13.0 Å². The second kappa shape index (κ2) is 4.36. The van der Waals surface area contributed by atoms with E-state index in [1.54, 1.807) is 0 Å². The highest BCUT2D eigenvalue weighted by Crippen LogP contribution is 2.04. The number of carbonyl (C=O) groups is 1. The number of esters is 1. The molecule has 2 heteroatoms. The summed E-state index contributed by atoms with van der Waals surface area (Å²) >= 11 is 0. The first-order chi connectivity index (χ1) is 4.22. The third-order valence-electron chi connectivity index (χ3n) is 1.16. The van der Waals surface area contributed by atoms with E-state index in [1.807, 2.05) is 20.3 Å². The molecule has 0 N–H and O–H groups in total. The second-order valence-electron chi connectivity index (χ2n) is 1.96. The topological polar surface area (TPSA) is 26.3 Å². The highest BCUT2D eigenvalue weighted by atomic mass is 16.5. The molecule has 0 spiro atoms. The normalized spacial score (nSPS) is 12.8. The zero-order valence-electron chi connectivity index (χ0n) is 6.18. The van der Waals surface area contributed by atoms with E-state index >= 15 is 0 Å². The van der Waals surface area contributed by atoms with Gasteiger partial charge in [-0.25, -0.2) is 0 Å². The van der Waals surface area contributed by atoms with Crippen LogP contribution in [0.15, 0.2) is 0 Å². The Bertz CT molecular complexity index is 88.9. The predicted octanol–water partition coefficient (Wildman–Crippen LogP) is 1.41. The molecule has 0 saturated carbocycles. The average molecular weight is 129 g/mol. The van der Waals surface area contributed by atoms with Crippen LogP contribution >= 0.6 is 0 Å². The molecular weight excluding hydrogens is 116 g/mol. The molecule has 0 rings (SSSR count). The Balaban J connectivity index is 3.45. The third kappa shape index (κ3) is 3.12. The van der Waals surface area contributed by atoms with Crippen LogP contribution in [0.2, 0.25) is 0 Å². The summed E-state index contributed by atoms with van der Waals surface area (Å²) in [5, 5.41) is 0. The van der Waals surface area contributed by atoms with Crippen molar-refractivity contribution in [1.29, 1.82) is 0 Å². The van der Waals surface area contributed by atoms with E-state index in [0.717, 1.165) is 6.42 Å². The molecule has 1 radical (unpaired) electrons. The van der Waals surface area contributed by atoms with Crippen LogP contribution in [0, 0.1) is 12.3 Å². The Labute approximate surface area is 56.2 Å². The minimum atomic E-state index is -0.156. The number of ether oxygens (including phenoxy) is 1. The molecule has 0 bridgehead atoms. The number of carbonyl (C=O) groups excluding carboxylic acids is 1. The molecule has 2 nitrogen and oxygen atoms in total. The molecule has 9 heavy (non-hydrogen) atoms. The fourth-order valence-electron chi connectivity index (χ4n) is 0.636. The van der Waals surface area contributed by atoms with Gasteiger partial charge >= 0.3 is 5.97 Å². The lowest BCUT2D eigenvalue weighted by molar-refractivity contribution is -0.143. The molecule has 0 aromatic rings. The summed E-state index contributed by atoms with van der Waals surface area (Å²) in [6, 6.07) is 0. The lowest BCUT2D eigenvalue weighted by Crippen LogP contribution is -2.12. The van der Waals surface area contributed by atoms with Crippen LogP contribution < -0.4 is 0 Å². The first-order valence-corrected chi connectivity index (χ1v) is 3.13. The highest BCUT2D eigenvalue weighted by molar-refractivity contribution is 5.73. The lowest BCUT2D eigenvalue weighted by Gasteiger charge is -2.04. The maximum atomic E-state index is 10.6. The van der Waals surface area contributed by atoms with Gasteiger partial charge < -0.3 is 4.74 Å². The van der Waals surface area contributed by atoms with Crippen molar-refractivity contribution in [2.75, 3.05) is 7.11 Å². The molecule has 1 unspecified atom stereocenters. The van der Waals surface area contributed by atoms with Crippen LogP contribution in [0.1, 0.15) is 20.3 Å². The maximum Gasteiger partial charge on any atom is 0.308 e. The number of hydrogen-bond donors (Lipinski definition) is 0. The van der Waals surface area contributed by atoms with Gasteiger partial charge in [0.15, 0.2) is 0 Å². The van der Waals surface area contributed by atoms with Crippen LogP contribution in [-0.2, 0) is 9.53 Å². The summed E-state index contributed by atoms with van der Waals surface area (Å²) in [4.78, 5) is 10.6. The van der Waals surface area contributed by atoms with E-state index < -0.39 is 0 Å². The molecule has 0 aromatic carbocycles. The smallest absolute Gasteiger partial charge is 0.308 e. The summed E-state index contributed by atoms with van der Waals surface area (Å²) in [6.07, 6.45) is 2.84. The zero-order valence-corrected chi connectivity index (χ0v) is 6.18. The Kier molecular flexibility index (Phi) is 4.10. The molecule has 53 valence electrons. The number of rotatable bonds is 3. The average Bonchev–Trinajstić information content (AvgIpc) is 1.87. The Hall–Kier alpha value is -0.530. The van der Waals surface area contributed by atoms with Crippen LogP contribution in [-0.4, -0.2) is 13.1 Å². The Morgan fingerprint density at radius 3 is 2.67 bits per heavy atom. The monoisotopic (exact) mass is 129 g/mol. The first-order valence-electron chi connectivity index (χ1n) is 3.13. The standard InChI is InChI=1S/C7H13O2/c1-4-5-6(2)7(8)9-3/h5-6H,4H2,1-3H3. The molecule has 0 aliphatic carbocycles. The third-order valence-corrected chi connectivity index (χ3v) is 1.16. The van der Waals surface area contributed by atoms with Gasteiger partial charge in [0, 0.05) is 0 Å². The fraction of sp³-hybridized carbons (Fsp3) is 0.714. The van der Waals surface area contributed by atoms with Gasteiger partial charge in [-0.3, -0.25) is 4.79 Å². The van der Waals surface area contributed by atoms with Crippen molar-refractivity contribution >= 4 is 5.97 Å². The van der Waals surface area contributed by atoms with E-state index in [-0.39, 0.29) is 11.9 Å². The van der Waals surface area contributed by atoms with Gasteiger partial charge in [-0.05, 0) is 6.42 Å². The quantitative estimate of drug-likeness (QED) is 0.538. The van der Waals surface area contributed by atoms with Crippen molar-refractivity contribution in [1.82, 2.24) is 0 Å². The Morgan fingerprint density at radius 2 is 2.33 bits per heavy atom. The van der Waals surface area contributed by atoms with E-state index in [9.17, 15) is 4.79 Å². The molecular formula is C7H13O2. The largest absolute Gasteiger partial charge is 0.469 e.